The summed E-state index contributed by atoms with van der Waals surface area (Å²) in [5, 5.41) is 0. The Hall–Kier alpha value is -1.61. The highest BCUT2D eigenvalue weighted by Crippen LogP contribution is 2.27. The van der Waals surface area contributed by atoms with Crippen LogP contribution >= 0.6 is 15.9 Å². The van der Waals surface area contributed by atoms with E-state index in [1.807, 2.05) is 51.1 Å². The summed E-state index contributed by atoms with van der Waals surface area (Å²) in [5.41, 5.74) is 4.36. The summed E-state index contributed by atoms with van der Waals surface area (Å²) in [4.78, 5) is 12.7. The first-order chi connectivity index (χ1) is 9.43. The van der Waals surface area contributed by atoms with Gasteiger partial charge in [0.25, 0.3) is 0 Å². The summed E-state index contributed by atoms with van der Waals surface area (Å²) in [6.45, 7) is 5.86. The van der Waals surface area contributed by atoms with Crippen molar-refractivity contribution in [1.82, 2.24) is 0 Å². The van der Waals surface area contributed by atoms with Crippen molar-refractivity contribution >= 4 is 21.7 Å². The maximum Gasteiger partial charge on any atom is 0.194 e. The van der Waals surface area contributed by atoms with Crippen LogP contribution in [0.3, 0.4) is 0 Å². The number of carbonyl (C=O) groups excluding carboxylic acids is 1. The van der Waals surface area contributed by atoms with Crippen LogP contribution in [0.4, 0.5) is 0 Å². The molecule has 0 aliphatic heterocycles. The largest absolute Gasteiger partial charge is 0.496 e. The number of hydrogen-bond acceptors (Lipinski definition) is 2. The Labute approximate surface area is 127 Å². The van der Waals surface area contributed by atoms with Crippen molar-refractivity contribution in [3.8, 4) is 5.75 Å². The summed E-state index contributed by atoms with van der Waals surface area (Å²) < 4.78 is 6.11. The summed E-state index contributed by atoms with van der Waals surface area (Å²) in [7, 11) is 1.64. The van der Waals surface area contributed by atoms with Gasteiger partial charge in [0.2, 0.25) is 0 Å². The molecular formula is C17H17BrO2. The quantitative estimate of drug-likeness (QED) is 0.767. The van der Waals surface area contributed by atoms with Crippen LogP contribution in [-0.4, -0.2) is 12.9 Å². The second-order valence-corrected chi connectivity index (χ2v) is 5.80. The van der Waals surface area contributed by atoms with E-state index in [1.54, 1.807) is 7.11 Å². The third kappa shape index (κ3) is 2.78. The zero-order valence-electron chi connectivity index (χ0n) is 12.1. The molecule has 0 heterocycles. The highest BCUT2D eigenvalue weighted by molar-refractivity contribution is 9.10. The van der Waals surface area contributed by atoms with Crippen LogP contribution in [0.15, 0.2) is 34.8 Å². The van der Waals surface area contributed by atoms with Gasteiger partial charge >= 0.3 is 0 Å². The van der Waals surface area contributed by atoms with E-state index in [0.717, 1.165) is 32.5 Å². The van der Waals surface area contributed by atoms with Gasteiger partial charge < -0.3 is 4.74 Å². The number of benzene rings is 2. The standard InChI is InChI=1S/C17H17BrO2/c1-10-5-6-15(18)14(7-10)17(19)13-8-12(3)16(20-4)9-11(13)2/h5-9H,1-4H3. The Morgan fingerprint density at radius 3 is 2.35 bits per heavy atom. The zero-order chi connectivity index (χ0) is 14.9. The van der Waals surface area contributed by atoms with Crippen LogP contribution in [0.5, 0.6) is 5.75 Å². The van der Waals surface area contributed by atoms with Gasteiger partial charge in [-0.05, 0) is 56.2 Å². The van der Waals surface area contributed by atoms with Gasteiger partial charge in [0.05, 0.1) is 7.11 Å². The van der Waals surface area contributed by atoms with Crippen molar-refractivity contribution in [1.29, 1.82) is 0 Å². The van der Waals surface area contributed by atoms with E-state index in [2.05, 4.69) is 15.9 Å². The molecule has 0 aliphatic carbocycles. The molecule has 2 aromatic rings. The lowest BCUT2D eigenvalue weighted by molar-refractivity contribution is 0.103. The summed E-state index contributed by atoms with van der Waals surface area (Å²) >= 11 is 3.45. The second-order valence-electron chi connectivity index (χ2n) is 4.95. The number of ketones is 1. The Morgan fingerprint density at radius 1 is 1.00 bits per heavy atom. The molecular weight excluding hydrogens is 316 g/mol. The molecule has 0 saturated carbocycles. The van der Waals surface area contributed by atoms with Crippen LogP contribution in [-0.2, 0) is 0 Å². The van der Waals surface area contributed by atoms with Crippen LogP contribution in [0.2, 0.25) is 0 Å². The Kier molecular flexibility index (Phi) is 4.29. The smallest absolute Gasteiger partial charge is 0.194 e. The monoisotopic (exact) mass is 332 g/mol. The molecule has 0 aromatic heterocycles. The predicted octanol–water partition coefficient (Wildman–Crippen LogP) is 4.61. The fourth-order valence-electron chi connectivity index (χ4n) is 2.21. The number of aryl methyl sites for hydroxylation is 3. The van der Waals surface area contributed by atoms with Crippen molar-refractivity contribution in [2.24, 2.45) is 0 Å². The van der Waals surface area contributed by atoms with Crippen LogP contribution in [0.1, 0.15) is 32.6 Å². The number of carbonyl (C=O) groups is 1. The first kappa shape index (κ1) is 14.8. The lowest BCUT2D eigenvalue weighted by atomic mass is 9.96. The minimum atomic E-state index is 0.0313. The number of rotatable bonds is 3. The lowest BCUT2D eigenvalue weighted by Crippen LogP contribution is -2.06. The minimum Gasteiger partial charge on any atom is -0.496 e. The van der Waals surface area contributed by atoms with Crippen molar-refractivity contribution < 1.29 is 9.53 Å². The first-order valence-corrected chi connectivity index (χ1v) is 7.19. The van der Waals surface area contributed by atoms with E-state index in [0.29, 0.717) is 5.56 Å². The van der Waals surface area contributed by atoms with E-state index in [-0.39, 0.29) is 5.78 Å². The molecule has 0 spiro atoms. The maximum absolute atomic E-state index is 12.7. The van der Waals surface area contributed by atoms with Crippen LogP contribution in [0.25, 0.3) is 0 Å². The maximum atomic E-state index is 12.7. The Morgan fingerprint density at radius 2 is 1.70 bits per heavy atom. The molecule has 0 radical (unpaired) electrons. The second kappa shape index (κ2) is 5.80. The van der Waals surface area contributed by atoms with Gasteiger partial charge in [-0.3, -0.25) is 4.79 Å². The molecule has 0 aliphatic rings. The fraction of sp³-hybridized carbons (Fsp3) is 0.235. The molecule has 0 fully saturated rings. The average molecular weight is 333 g/mol. The van der Waals surface area contributed by atoms with Crippen LogP contribution < -0.4 is 4.74 Å². The SMILES string of the molecule is COc1cc(C)c(C(=O)c2cc(C)ccc2Br)cc1C. The third-order valence-corrected chi connectivity index (χ3v) is 4.04. The van der Waals surface area contributed by atoms with Gasteiger partial charge in [-0.1, -0.05) is 27.6 Å². The highest BCUT2D eigenvalue weighted by atomic mass is 79.9. The van der Waals surface area contributed by atoms with E-state index < -0.39 is 0 Å². The van der Waals surface area contributed by atoms with E-state index >= 15 is 0 Å². The van der Waals surface area contributed by atoms with Gasteiger partial charge in [0, 0.05) is 15.6 Å². The molecule has 0 unspecified atom stereocenters. The number of methoxy groups -OCH3 is 1. The molecule has 104 valence electrons. The minimum absolute atomic E-state index is 0.0313. The van der Waals surface area contributed by atoms with E-state index in [9.17, 15) is 4.79 Å². The van der Waals surface area contributed by atoms with Crippen molar-refractivity contribution in [2.45, 2.75) is 20.8 Å². The lowest BCUT2D eigenvalue weighted by Gasteiger charge is -2.12. The predicted molar refractivity (Wildman–Crippen MR) is 84.8 cm³/mol. The van der Waals surface area contributed by atoms with Crippen molar-refractivity contribution in [3.63, 3.8) is 0 Å². The molecule has 2 aromatic carbocycles. The zero-order valence-corrected chi connectivity index (χ0v) is 13.7. The van der Waals surface area contributed by atoms with E-state index in [4.69, 9.17) is 4.74 Å². The Bertz CT molecular complexity index is 675. The average Bonchev–Trinajstić information content (AvgIpc) is 2.42. The first-order valence-electron chi connectivity index (χ1n) is 6.40. The molecule has 2 rings (SSSR count). The van der Waals surface area contributed by atoms with Crippen molar-refractivity contribution in [3.05, 3.63) is 62.6 Å². The molecule has 0 N–H and O–H groups in total. The van der Waals surface area contributed by atoms with Crippen molar-refractivity contribution in [2.75, 3.05) is 7.11 Å². The molecule has 20 heavy (non-hydrogen) atoms. The highest BCUT2D eigenvalue weighted by Gasteiger charge is 2.16. The van der Waals surface area contributed by atoms with Gasteiger partial charge in [0.15, 0.2) is 5.78 Å². The Balaban J connectivity index is 2.54. The molecule has 3 heteroatoms. The van der Waals surface area contributed by atoms with Crippen LogP contribution in [0, 0.1) is 20.8 Å². The normalized spacial score (nSPS) is 10.4. The topological polar surface area (TPSA) is 26.3 Å². The van der Waals surface area contributed by atoms with Gasteiger partial charge in [-0.2, -0.15) is 0 Å². The molecule has 0 atom stereocenters. The summed E-state index contributed by atoms with van der Waals surface area (Å²) in [6.07, 6.45) is 0. The summed E-state index contributed by atoms with van der Waals surface area (Å²) in [6, 6.07) is 9.60. The van der Waals surface area contributed by atoms with Gasteiger partial charge in [-0.15, -0.1) is 0 Å². The van der Waals surface area contributed by atoms with Gasteiger partial charge in [-0.25, -0.2) is 0 Å². The number of hydrogen-bond donors (Lipinski definition) is 0. The van der Waals surface area contributed by atoms with Gasteiger partial charge in [0.1, 0.15) is 5.75 Å². The molecule has 0 amide bonds. The third-order valence-electron chi connectivity index (χ3n) is 3.35. The molecule has 0 saturated heterocycles. The number of ether oxygens (including phenoxy) is 1. The molecule has 2 nitrogen and oxygen atoms in total. The van der Waals surface area contributed by atoms with E-state index in [1.165, 1.54) is 0 Å². The molecule has 0 bridgehead atoms. The fourth-order valence-corrected chi connectivity index (χ4v) is 2.64. The number of halogens is 1. The summed E-state index contributed by atoms with van der Waals surface area (Å²) in [5.74, 6) is 0.839.